The van der Waals surface area contributed by atoms with E-state index in [0.717, 1.165) is 0 Å². The average molecular weight is 317 g/mol. The third-order valence-corrected chi connectivity index (χ3v) is 3.47. The van der Waals surface area contributed by atoms with Crippen molar-refractivity contribution < 1.29 is 26.3 Å². The zero-order valence-electron chi connectivity index (χ0n) is 10.3. The monoisotopic (exact) mass is 317 g/mol. The van der Waals surface area contributed by atoms with Gasteiger partial charge in [-0.05, 0) is 19.0 Å². The van der Waals surface area contributed by atoms with E-state index in [1.165, 1.54) is 12.1 Å². The standard InChI is InChI=1S/C12H13F6NS/c13-10-5-2-1-4-9(10)8-19-6-3-7-20-12(17,18)11(14,15)16/h1-2,4-5,19H,3,6-8H2. The predicted molar refractivity (Wildman–Crippen MR) is 66.2 cm³/mol. The smallest absolute Gasteiger partial charge is 0.313 e. The summed E-state index contributed by atoms with van der Waals surface area (Å²) in [5.41, 5.74) is 0.417. The van der Waals surface area contributed by atoms with Crippen molar-refractivity contribution in [1.82, 2.24) is 5.32 Å². The van der Waals surface area contributed by atoms with Crippen molar-refractivity contribution in [3.63, 3.8) is 0 Å². The van der Waals surface area contributed by atoms with E-state index in [-0.39, 0.29) is 25.3 Å². The molecule has 0 atom stereocenters. The molecular formula is C12H13F6NS. The van der Waals surface area contributed by atoms with Gasteiger partial charge in [0, 0.05) is 17.9 Å². The number of nitrogens with one attached hydrogen (secondary N) is 1. The van der Waals surface area contributed by atoms with Crippen LogP contribution in [0.2, 0.25) is 0 Å². The van der Waals surface area contributed by atoms with Crippen molar-refractivity contribution >= 4 is 11.8 Å². The maximum absolute atomic E-state index is 13.2. The molecule has 0 unspecified atom stereocenters. The molecule has 8 heteroatoms. The fourth-order valence-corrected chi connectivity index (χ4v) is 2.05. The van der Waals surface area contributed by atoms with Crippen molar-refractivity contribution in [2.45, 2.75) is 24.4 Å². The van der Waals surface area contributed by atoms with E-state index < -0.39 is 29.0 Å². The Balaban J connectivity index is 2.19. The second kappa shape index (κ2) is 7.21. The Bertz CT molecular complexity index is 421. The highest BCUT2D eigenvalue weighted by Gasteiger charge is 2.57. The first kappa shape index (κ1) is 17.2. The SMILES string of the molecule is Fc1ccccc1CNCCCSC(F)(F)C(F)(F)F. The fraction of sp³-hybridized carbons (Fsp3) is 0.500. The Labute approximate surface area is 116 Å². The normalized spacial score (nSPS) is 12.7. The molecule has 20 heavy (non-hydrogen) atoms. The van der Waals surface area contributed by atoms with Crippen molar-refractivity contribution in [3.05, 3.63) is 35.6 Å². The molecule has 0 aliphatic heterocycles. The van der Waals surface area contributed by atoms with Gasteiger partial charge in [0.15, 0.2) is 0 Å². The van der Waals surface area contributed by atoms with Crippen LogP contribution in [-0.4, -0.2) is 23.7 Å². The molecule has 114 valence electrons. The molecule has 1 rings (SSSR count). The van der Waals surface area contributed by atoms with Gasteiger partial charge in [-0.15, -0.1) is 0 Å². The van der Waals surface area contributed by atoms with Gasteiger partial charge in [-0.25, -0.2) is 4.39 Å². The quantitative estimate of drug-likeness (QED) is 0.598. The van der Waals surface area contributed by atoms with E-state index in [1.807, 2.05) is 0 Å². The van der Waals surface area contributed by atoms with Crippen LogP contribution in [0.3, 0.4) is 0 Å². The number of alkyl halides is 5. The third kappa shape index (κ3) is 5.24. The molecule has 0 spiro atoms. The van der Waals surface area contributed by atoms with E-state index in [4.69, 9.17) is 0 Å². The van der Waals surface area contributed by atoms with Crippen LogP contribution in [0.25, 0.3) is 0 Å². The Morgan fingerprint density at radius 3 is 2.30 bits per heavy atom. The summed E-state index contributed by atoms with van der Waals surface area (Å²) >= 11 is -0.437. The molecule has 1 aromatic carbocycles. The van der Waals surface area contributed by atoms with Crippen molar-refractivity contribution in [1.29, 1.82) is 0 Å². The summed E-state index contributed by atoms with van der Waals surface area (Å²) in [5.74, 6) is -0.727. The van der Waals surface area contributed by atoms with Crippen molar-refractivity contribution in [2.75, 3.05) is 12.3 Å². The summed E-state index contributed by atoms with van der Waals surface area (Å²) < 4.78 is 73.8. The summed E-state index contributed by atoms with van der Waals surface area (Å²) in [6.45, 7) is 0.433. The van der Waals surface area contributed by atoms with E-state index in [9.17, 15) is 26.3 Å². The maximum atomic E-state index is 13.2. The lowest BCUT2D eigenvalue weighted by Gasteiger charge is -2.18. The summed E-state index contributed by atoms with van der Waals surface area (Å²) in [5, 5.41) is -1.94. The minimum Gasteiger partial charge on any atom is -0.313 e. The Morgan fingerprint density at radius 2 is 1.70 bits per heavy atom. The van der Waals surface area contributed by atoms with Crippen LogP contribution in [0, 0.1) is 5.82 Å². The highest BCUT2D eigenvalue weighted by molar-refractivity contribution is 8.00. The molecule has 0 fully saturated rings. The third-order valence-electron chi connectivity index (χ3n) is 2.38. The minimum absolute atomic E-state index is 0.130. The van der Waals surface area contributed by atoms with Gasteiger partial charge in [-0.2, -0.15) is 22.0 Å². The summed E-state index contributed by atoms with van der Waals surface area (Å²) in [4.78, 5) is 0. The zero-order valence-corrected chi connectivity index (χ0v) is 11.1. The second-order valence-corrected chi connectivity index (χ2v) is 5.19. The van der Waals surface area contributed by atoms with E-state index >= 15 is 0 Å². The van der Waals surface area contributed by atoms with Gasteiger partial charge in [0.2, 0.25) is 0 Å². The highest BCUT2D eigenvalue weighted by atomic mass is 32.2. The molecule has 0 aliphatic rings. The van der Waals surface area contributed by atoms with Crippen LogP contribution < -0.4 is 5.32 Å². The largest absolute Gasteiger partial charge is 0.464 e. The molecule has 0 saturated carbocycles. The Hall–Kier alpha value is -0.890. The molecule has 0 heterocycles. The van der Waals surface area contributed by atoms with E-state index in [0.29, 0.717) is 5.56 Å². The molecule has 1 N–H and O–H groups in total. The second-order valence-electron chi connectivity index (χ2n) is 3.98. The number of thioether (sulfide) groups is 1. The molecule has 1 aromatic rings. The number of benzene rings is 1. The van der Waals surface area contributed by atoms with Crippen LogP contribution in [-0.2, 0) is 6.54 Å². The first-order valence-corrected chi connectivity index (χ1v) is 6.75. The van der Waals surface area contributed by atoms with Crippen molar-refractivity contribution in [3.8, 4) is 0 Å². The first-order chi connectivity index (χ1) is 9.24. The van der Waals surface area contributed by atoms with Gasteiger partial charge in [0.25, 0.3) is 0 Å². The fourth-order valence-electron chi connectivity index (χ4n) is 1.34. The van der Waals surface area contributed by atoms with Gasteiger partial charge in [0.1, 0.15) is 5.82 Å². The van der Waals surface area contributed by atoms with Gasteiger partial charge in [-0.1, -0.05) is 30.0 Å². The van der Waals surface area contributed by atoms with Crippen LogP contribution >= 0.6 is 11.8 Å². The first-order valence-electron chi connectivity index (χ1n) is 5.76. The predicted octanol–water partition coefficient (Wildman–Crippen LogP) is 4.19. The lowest BCUT2D eigenvalue weighted by atomic mass is 10.2. The summed E-state index contributed by atoms with van der Waals surface area (Å²) in [6, 6.07) is 6.04. The number of hydrogen-bond acceptors (Lipinski definition) is 2. The van der Waals surface area contributed by atoms with Gasteiger partial charge < -0.3 is 5.32 Å². The summed E-state index contributed by atoms with van der Waals surface area (Å²) in [6.07, 6.45) is -5.40. The molecule has 0 aromatic heterocycles. The van der Waals surface area contributed by atoms with Gasteiger partial charge in [-0.3, -0.25) is 0 Å². The molecule has 0 bridgehead atoms. The average Bonchev–Trinajstić information content (AvgIpc) is 2.34. The topological polar surface area (TPSA) is 12.0 Å². The molecular weight excluding hydrogens is 304 g/mol. The molecule has 0 amide bonds. The lowest BCUT2D eigenvalue weighted by Crippen LogP contribution is -2.33. The van der Waals surface area contributed by atoms with Gasteiger partial charge >= 0.3 is 11.4 Å². The molecule has 0 saturated heterocycles. The molecule has 0 radical (unpaired) electrons. The molecule has 1 nitrogen and oxygen atoms in total. The van der Waals surface area contributed by atoms with Crippen LogP contribution in [0.4, 0.5) is 26.3 Å². The lowest BCUT2D eigenvalue weighted by molar-refractivity contribution is -0.237. The Morgan fingerprint density at radius 1 is 1.05 bits per heavy atom. The van der Waals surface area contributed by atoms with Gasteiger partial charge in [0.05, 0.1) is 0 Å². The Kier molecular flexibility index (Phi) is 6.19. The number of hydrogen-bond donors (Lipinski definition) is 1. The number of halogens is 6. The van der Waals surface area contributed by atoms with Crippen LogP contribution in [0.5, 0.6) is 0 Å². The van der Waals surface area contributed by atoms with E-state index in [2.05, 4.69) is 5.32 Å². The van der Waals surface area contributed by atoms with E-state index in [1.54, 1.807) is 12.1 Å². The molecule has 0 aliphatic carbocycles. The minimum atomic E-state index is -5.53. The van der Waals surface area contributed by atoms with Crippen molar-refractivity contribution in [2.24, 2.45) is 0 Å². The van der Waals surface area contributed by atoms with Crippen LogP contribution in [0.15, 0.2) is 24.3 Å². The highest BCUT2D eigenvalue weighted by Crippen LogP contribution is 2.44. The summed E-state index contributed by atoms with van der Waals surface area (Å²) in [7, 11) is 0. The van der Waals surface area contributed by atoms with Crippen LogP contribution in [0.1, 0.15) is 12.0 Å². The number of rotatable bonds is 7. The zero-order chi connectivity index (χ0) is 15.2. The maximum Gasteiger partial charge on any atom is 0.464 e.